The largest absolute Gasteiger partial charge is 0.350 e. The van der Waals surface area contributed by atoms with Crippen LogP contribution < -0.4 is 16.6 Å². The molecular weight excluding hydrogens is 240 g/mol. The second-order valence-corrected chi connectivity index (χ2v) is 5.41. The number of carbonyl (C=O) groups is 1. The summed E-state index contributed by atoms with van der Waals surface area (Å²) in [5, 5.41) is 2.96. The zero-order valence-corrected chi connectivity index (χ0v) is 11.4. The highest BCUT2D eigenvalue weighted by Gasteiger charge is 2.19. The van der Waals surface area contributed by atoms with Gasteiger partial charge in [0, 0.05) is 12.7 Å². The lowest BCUT2D eigenvalue weighted by Crippen LogP contribution is -2.31. The van der Waals surface area contributed by atoms with Crippen molar-refractivity contribution in [2.45, 2.75) is 32.6 Å². The van der Waals surface area contributed by atoms with Crippen molar-refractivity contribution in [2.24, 2.45) is 17.7 Å². The summed E-state index contributed by atoms with van der Waals surface area (Å²) in [6.07, 6.45) is 6.53. The van der Waals surface area contributed by atoms with E-state index in [4.69, 9.17) is 5.84 Å². The molecule has 1 aliphatic carbocycles. The first kappa shape index (κ1) is 13.8. The SMILES string of the molecule is CC1CCC(CNC(=O)c2cc(NN)ccn2)CC1. The number of nitrogens with two attached hydrogens (primary N) is 1. The van der Waals surface area contributed by atoms with Crippen LogP contribution in [-0.2, 0) is 0 Å². The maximum absolute atomic E-state index is 12.0. The molecule has 5 nitrogen and oxygen atoms in total. The number of nitrogen functional groups attached to an aromatic ring is 1. The van der Waals surface area contributed by atoms with Gasteiger partial charge in [-0.3, -0.25) is 15.6 Å². The van der Waals surface area contributed by atoms with E-state index in [1.807, 2.05) is 0 Å². The standard InChI is InChI=1S/C14H22N4O/c1-10-2-4-11(5-3-10)9-17-14(19)13-8-12(18-15)6-7-16-13/h6-8,10-11H,2-5,9,15H2,1H3,(H,16,18)(H,17,19). The van der Waals surface area contributed by atoms with Gasteiger partial charge in [-0.05, 0) is 36.8 Å². The van der Waals surface area contributed by atoms with E-state index in [-0.39, 0.29) is 5.91 Å². The lowest BCUT2D eigenvalue weighted by Gasteiger charge is -2.26. The van der Waals surface area contributed by atoms with Gasteiger partial charge in [-0.25, -0.2) is 0 Å². The second kappa shape index (κ2) is 6.52. The van der Waals surface area contributed by atoms with Gasteiger partial charge < -0.3 is 10.7 Å². The minimum absolute atomic E-state index is 0.129. The molecule has 1 saturated carbocycles. The highest BCUT2D eigenvalue weighted by atomic mass is 16.1. The third-order valence-corrected chi connectivity index (χ3v) is 3.85. The highest BCUT2D eigenvalue weighted by Crippen LogP contribution is 2.27. The van der Waals surface area contributed by atoms with Crippen molar-refractivity contribution in [1.82, 2.24) is 10.3 Å². The van der Waals surface area contributed by atoms with Crippen LogP contribution in [0.15, 0.2) is 18.3 Å². The number of hydrazine groups is 1. The second-order valence-electron chi connectivity index (χ2n) is 5.41. The minimum atomic E-state index is -0.129. The fraction of sp³-hybridized carbons (Fsp3) is 0.571. The third kappa shape index (κ3) is 3.92. The summed E-state index contributed by atoms with van der Waals surface area (Å²) < 4.78 is 0. The number of anilines is 1. The molecule has 4 N–H and O–H groups in total. The van der Waals surface area contributed by atoms with Gasteiger partial charge in [-0.1, -0.05) is 19.8 Å². The van der Waals surface area contributed by atoms with Crippen LogP contribution in [0.25, 0.3) is 0 Å². The van der Waals surface area contributed by atoms with Gasteiger partial charge in [0.2, 0.25) is 0 Å². The first-order valence-electron chi connectivity index (χ1n) is 6.90. The molecule has 1 fully saturated rings. The summed E-state index contributed by atoms with van der Waals surface area (Å²) in [7, 11) is 0. The lowest BCUT2D eigenvalue weighted by molar-refractivity contribution is 0.0937. The molecule has 1 heterocycles. The zero-order valence-electron chi connectivity index (χ0n) is 11.4. The van der Waals surface area contributed by atoms with Crippen LogP contribution in [0.4, 0.5) is 5.69 Å². The summed E-state index contributed by atoms with van der Waals surface area (Å²) in [6.45, 7) is 3.04. The molecule has 0 radical (unpaired) electrons. The molecule has 1 aliphatic rings. The van der Waals surface area contributed by atoms with E-state index in [0.717, 1.165) is 12.5 Å². The summed E-state index contributed by atoms with van der Waals surface area (Å²) in [5.74, 6) is 6.63. The number of hydrogen-bond acceptors (Lipinski definition) is 4. The van der Waals surface area contributed by atoms with Crippen molar-refractivity contribution >= 4 is 11.6 Å². The van der Waals surface area contributed by atoms with Crippen LogP contribution in [0.2, 0.25) is 0 Å². The molecule has 1 aromatic rings. The fourth-order valence-corrected chi connectivity index (χ4v) is 2.51. The number of rotatable bonds is 4. The summed E-state index contributed by atoms with van der Waals surface area (Å²) in [6, 6.07) is 3.37. The molecule has 19 heavy (non-hydrogen) atoms. The smallest absolute Gasteiger partial charge is 0.269 e. The van der Waals surface area contributed by atoms with E-state index < -0.39 is 0 Å². The number of aromatic nitrogens is 1. The van der Waals surface area contributed by atoms with Gasteiger partial charge in [0.25, 0.3) is 5.91 Å². The minimum Gasteiger partial charge on any atom is -0.350 e. The predicted molar refractivity (Wildman–Crippen MR) is 75.5 cm³/mol. The number of nitrogens with one attached hydrogen (secondary N) is 2. The molecule has 1 amide bonds. The average Bonchev–Trinajstić information content (AvgIpc) is 2.46. The van der Waals surface area contributed by atoms with Gasteiger partial charge in [-0.15, -0.1) is 0 Å². The van der Waals surface area contributed by atoms with Crippen molar-refractivity contribution < 1.29 is 4.79 Å². The summed E-state index contributed by atoms with van der Waals surface area (Å²) in [5.41, 5.74) is 3.60. The Labute approximate surface area is 114 Å². The van der Waals surface area contributed by atoms with Gasteiger partial charge in [0.1, 0.15) is 5.69 Å². The number of carbonyl (C=O) groups excluding carboxylic acids is 1. The van der Waals surface area contributed by atoms with Crippen molar-refractivity contribution in [3.05, 3.63) is 24.0 Å². The summed E-state index contributed by atoms with van der Waals surface area (Å²) >= 11 is 0. The first-order valence-corrected chi connectivity index (χ1v) is 6.90. The quantitative estimate of drug-likeness (QED) is 0.572. The Balaban J connectivity index is 1.83. The highest BCUT2D eigenvalue weighted by molar-refractivity contribution is 5.93. The Bertz CT molecular complexity index is 427. The maximum atomic E-state index is 12.0. The average molecular weight is 262 g/mol. The Kier molecular flexibility index (Phi) is 4.74. The molecular formula is C14H22N4O. The number of pyridine rings is 1. The van der Waals surface area contributed by atoms with E-state index in [2.05, 4.69) is 22.7 Å². The number of hydrogen-bond donors (Lipinski definition) is 3. The van der Waals surface area contributed by atoms with Crippen LogP contribution in [0, 0.1) is 11.8 Å². The van der Waals surface area contributed by atoms with E-state index >= 15 is 0 Å². The number of amides is 1. The topological polar surface area (TPSA) is 80.0 Å². The van der Waals surface area contributed by atoms with E-state index in [9.17, 15) is 4.79 Å². The molecule has 5 heteroatoms. The van der Waals surface area contributed by atoms with Gasteiger partial charge >= 0.3 is 0 Å². The Morgan fingerprint density at radius 3 is 2.84 bits per heavy atom. The molecule has 0 aliphatic heterocycles. The Morgan fingerprint density at radius 1 is 1.42 bits per heavy atom. The molecule has 104 valence electrons. The molecule has 0 spiro atoms. The molecule has 0 bridgehead atoms. The van der Waals surface area contributed by atoms with Gasteiger partial charge in [-0.2, -0.15) is 0 Å². The zero-order chi connectivity index (χ0) is 13.7. The molecule has 0 atom stereocenters. The van der Waals surface area contributed by atoms with Crippen molar-refractivity contribution in [3.63, 3.8) is 0 Å². The van der Waals surface area contributed by atoms with Crippen LogP contribution in [0.1, 0.15) is 43.1 Å². The van der Waals surface area contributed by atoms with Gasteiger partial charge in [0.15, 0.2) is 0 Å². The molecule has 2 rings (SSSR count). The van der Waals surface area contributed by atoms with Crippen LogP contribution in [-0.4, -0.2) is 17.4 Å². The lowest BCUT2D eigenvalue weighted by atomic mass is 9.83. The van der Waals surface area contributed by atoms with Crippen LogP contribution >= 0.6 is 0 Å². The monoisotopic (exact) mass is 262 g/mol. The van der Waals surface area contributed by atoms with Crippen LogP contribution in [0.5, 0.6) is 0 Å². The molecule has 0 saturated heterocycles. The molecule has 1 aromatic heterocycles. The van der Waals surface area contributed by atoms with Gasteiger partial charge in [0.05, 0.1) is 5.69 Å². The van der Waals surface area contributed by atoms with Crippen LogP contribution in [0.3, 0.4) is 0 Å². The molecule has 0 aromatic carbocycles. The third-order valence-electron chi connectivity index (χ3n) is 3.85. The predicted octanol–water partition coefficient (Wildman–Crippen LogP) is 1.92. The van der Waals surface area contributed by atoms with E-state index in [0.29, 0.717) is 17.3 Å². The van der Waals surface area contributed by atoms with Crippen molar-refractivity contribution in [3.8, 4) is 0 Å². The van der Waals surface area contributed by atoms with E-state index in [1.54, 1.807) is 18.3 Å². The number of nitrogens with zero attached hydrogens (tertiary/aromatic N) is 1. The fourth-order valence-electron chi connectivity index (χ4n) is 2.51. The first-order chi connectivity index (χ1) is 9.19. The normalized spacial score (nSPS) is 22.8. The van der Waals surface area contributed by atoms with E-state index in [1.165, 1.54) is 25.7 Å². The maximum Gasteiger partial charge on any atom is 0.269 e. The van der Waals surface area contributed by atoms with Crippen molar-refractivity contribution in [2.75, 3.05) is 12.0 Å². The Morgan fingerprint density at radius 2 is 2.16 bits per heavy atom. The Hall–Kier alpha value is -1.62. The molecule has 0 unspecified atom stereocenters. The van der Waals surface area contributed by atoms with Crippen molar-refractivity contribution in [1.29, 1.82) is 0 Å². The summed E-state index contributed by atoms with van der Waals surface area (Å²) in [4.78, 5) is 16.0.